The van der Waals surface area contributed by atoms with Crippen LogP contribution in [-0.2, 0) is 9.59 Å². The van der Waals surface area contributed by atoms with Crippen molar-refractivity contribution in [2.45, 2.75) is 98.1 Å². The van der Waals surface area contributed by atoms with Gasteiger partial charge in [0.1, 0.15) is 10.9 Å². The molecular weight excluding hydrogens is 448 g/mol. The van der Waals surface area contributed by atoms with Crippen LogP contribution >= 0.6 is 11.3 Å². The molecule has 1 aromatic heterocycles. The van der Waals surface area contributed by atoms with Crippen LogP contribution in [0.2, 0.25) is 0 Å². The Morgan fingerprint density at radius 3 is 2.29 bits per heavy atom. The van der Waals surface area contributed by atoms with Gasteiger partial charge in [-0.2, -0.15) is 0 Å². The van der Waals surface area contributed by atoms with Gasteiger partial charge in [0.2, 0.25) is 11.8 Å². The highest BCUT2D eigenvalue weighted by Gasteiger charge is 2.37. The van der Waals surface area contributed by atoms with Crippen molar-refractivity contribution in [1.29, 1.82) is 0 Å². The number of hydrogen-bond donors (Lipinski definition) is 2. The fourth-order valence-electron chi connectivity index (χ4n) is 4.76. The van der Waals surface area contributed by atoms with E-state index in [4.69, 9.17) is 0 Å². The van der Waals surface area contributed by atoms with Crippen LogP contribution in [0.5, 0.6) is 0 Å². The Morgan fingerprint density at radius 1 is 1.12 bits per heavy atom. The predicted molar refractivity (Wildman–Crippen MR) is 136 cm³/mol. The zero-order valence-corrected chi connectivity index (χ0v) is 21.9. The molecule has 2 aliphatic rings. The first-order valence-corrected chi connectivity index (χ1v) is 13.3. The number of anilines is 1. The minimum absolute atomic E-state index is 0.0521. The van der Waals surface area contributed by atoms with E-state index in [-0.39, 0.29) is 39.8 Å². The standard InChI is InChI=1S/C27H38N2O4S/c1-17-10-12-19(13-11-17)25(31)29(18(2)24(30)28-20-8-6-7-9-20)22-16-21(14-15-27(3,4)5)34-23(22)26(32)33/h16-20H,6-13H2,1-5H3,(H,28,30)(H,32,33)/t17-,18-,19-/m0/s1. The molecule has 0 aromatic carbocycles. The number of amides is 2. The Hall–Kier alpha value is -2.33. The number of carbonyl (C=O) groups excluding carboxylic acids is 2. The zero-order chi connectivity index (χ0) is 25.0. The molecule has 1 heterocycles. The highest BCUT2D eigenvalue weighted by atomic mass is 32.1. The Kier molecular flexibility index (Phi) is 8.46. The van der Waals surface area contributed by atoms with Crippen LogP contribution in [0.25, 0.3) is 0 Å². The number of carboxylic acids is 1. The van der Waals surface area contributed by atoms with Gasteiger partial charge in [-0.05, 0) is 78.2 Å². The van der Waals surface area contributed by atoms with E-state index in [0.29, 0.717) is 10.8 Å². The smallest absolute Gasteiger partial charge is 0.348 e. The molecule has 1 atom stereocenters. The van der Waals surface area contributed by atoms with Gasteiger partial charge in [0, 0.05) is 17.4 Å². The first kappa shape index (κ1) is 26.3. The largest absolute Gasteiger partial charge is 0.477 e. The average molecular weight is 487 g/mol. The van der Waals surface area contributed by atoms with Crippen molar-refractivity contribution >= 4 is 34.8 Å². The lowest BCUT2D eigenvalue weighted by atomic mass is 9.82. The van der Waals surface area contributed by atoms with Crippen molar-refractivity contribution < 1.29 is 19.5 Å². The molecule has 2 saturated carbocycles. The number of hydrogen-bond acceptors (Lipinski definition) is 4. The molecule has 2 fully saturated rings. The molecule has 2 N–H and O–H groups in total. The molecule has 6 nitrogen and oxygen atoms in total. The molecule has 0 radical (unpaired) electrons. The average Bonchev–Trinajstić information content (AvgIpc) is 3.42. The monoisotopic (exact) mass is 486 g/mol. The molecule has 0 unspecified atom stereocenters. The summed E-state index contributed by atoms with van der Waals surface area (Å²) in [5.41, 5.74) is 0.0458. The van der Waals surface area contributed by atoms with Crippen LogP contribution in [0.1, 0.15) is 101 Å². The van der Waals surface area contributed by atoms with E-state index in [2.05, 4.69) is 24.1 Å². The van der Waals surface area contributed by atoms with Gasteiger partial charge in [0.15, 0.2) is 0 Å². The molecule has 0 spiro atoms. The number of aromatic carboxylic acids is 1. The molecular formula is C27H38N2O4S. The van der Waals surface area contributed by atoms with Crippen molar-refractivity contribution in [3.05, 3.63) is 15.8 Å². The molecule has 2 amide bonds. The number of nitrogens with one attached hydrogen (secondary N) is 1. The molecule has 0 saturated heterocycles. The van der Waals surface area contributed by atoms with Crippen LogP contribution < -0.4 is 10.2 Å². The van der Waals surface area contributed by atoms with Crippen LogP contribution in [-0.4, -0.2) is 35.0 Å². The van der Waals surface area contributed by atoms with Gasteiger partial charge in [0.25, 0.3) is 0 Å². The lowest BCUT2D eigenvalue weighted by molar-refractivity contribution is -0.129. The summed E-state index contributed by atoms with van der Waals surface area (Å²) in [6.07, 6.45) is 7.51. The summed E-state index contributed by atoms with van der Waals surface area (Å²) < 4.78 is 0. The lowest BCUT2D eigenvalue weighted by Crippen LogP contribution is -2.52. The maximum Gasteiger partial charge on any atom is 0.348 e. The van der Waals surface area contributed by atoms with Gasteiger partial charge in [-0.3, -0.25) is 14.5 Å². The van der Waals surface area contributed by atoms with E-state index >= 15 is 0 Å². The van der Waals surface area contributed by atoms with Crippen molar-refractivity contribution in [3.63, 3.8) is 0 Å². The minimum atomic E-state index is -1.11. The molecule has 1 aromatic rings. The third-order valence-electron chi connectivity index (χ3n) is 6.80. The predicted octanol–water partition coefficient (Wildman–Crippen LogP) is 5.45. The second-order valence-electron chi connectivity index (χ2n) is 11.0. The third-order valence-corrected chi connectivity index (χ3v) is 7.83. The number of thiophene rings is 1. The van der Waals surface area contributed by atoms with Crippen LogP contribution in [0.3, 0.4) is 0 Å². The SMILES string of the molecule is C[C@@H](C(=O)NC1CCCC1)N(c1cc(C#CC(C)(C)C)sc1C(=O)O)C(=O)[C@H]1CC[C@H](C)CC1. The topological polar surface area (TPSA) is 86.7 Å². The lowest BCUT2D eigenvalue weighted by Gasteiger charge is -2.34. The Morgan fingerprint density at radius 2 is 1.74 bits per heavy atom. The quantitative estimate of drug-likeness (QED) is 0.524. The van der Waals surface area contributed by atoms with E-state index < -0.39 is 12.0 Å². The van der Waals surface area contributed by atoms with Crippen molar-refractivity contribution in [1.82, 2.24) is 5.32 Å². The van der Waals surface area contributed by atoms with Crippen molar-refractivity contribution in [2.75, 3.05) is 4.90 Å². The Labute approximate surface area is 207 Å². The van der Waals surface area contributed by atoms with E-state index in [1.54, 1.807) is 13.0 Å². The number of carbonyl (C=O) groups is 3. The Bertz CT molecular complexity index is 967. The number of nitrogens with zero attached hydrogens (tertiary/aromatic N) is 1. The summed E-state index contributed by atoms with van der Waals surface area (Å²) in [7, 11) is 0. The maximum atomic E-state index is 13.8. The fourth-order valence-corrected chi connectivity index (χ4v) is 5.60. The van der Waals surface area contributed by atoms with Crippen molar-refractivity contribution in [2.24, 2.45) is 17.3 Å². The molecule has 34 heavy (non-hydrogen) atoms. The third kappa shape index (κ3) is 6.63. The van der Waals surface area contributed by atoms with Crippen LogP contribution in [0.4, 0.5) is 5.69 Å². The molecule has 0 bridgehead atoms. The van der Waals surface area contributed by atoms with Crippen LogP contribution in [0.15, 0.2) is 6.07 Å². The number of carboxylic acid groups (broad SMARTS) is 1. The summed E-state index contributed by atoms with van der Waals surface area (Å²) in [4.78, 5) is 41.3. The van der Waals surface area contributed by atoms with Gasteiger partial charge in [0.05, 0.1) is 10.6 Å². The van der Waals surface area contributed by atoms with E-state index in [9.17, 15) is 19.5 Å². The van der Waals surface area contributed by atoms with E-state index in [1.807, 2.05) is 20.8 Å². The second kappa shape index (κ2) is 10.9. The first-order chi connectivity index (χ1) is 16.0. The van der Waals surface area contributed by atoms with Crippen LogP contribution in [0, 0.1) is 29.1 Å². The zero-order valence-electron chi connectivity index (χ0n) is 21.1. The van der Waals surface area contributed by atoms with E-state index in [1.165, 1.54) is 4.90 Å². The normalized spacial score (nSPS) is 21.9. The van der Waals surface area contributed by atoms with Gasteiger partial charge in [-0.1, -0.05) is 31.6 Å². The molecule has 3 rings (SSSR count). The van der Waals surface area contributed by atoms with Gasteiger partial charge in [-0.25, -0.2) is 4.79 Å². The second-order valence-corrected chi connectivity index (χ2v) is 12.0. The Balaban J connectivity index is 1.98. The summed E-state index contributed by atoms with van der Waals surface area (Å²) in [5.74, 6) is 5.09. The van der Waals surface area contributed by atoms with Gasteiger partial charge in [-0.15, -0.1) is 11.3 Å². The molecule has 2 aliphatic carbocycles. The first-order valence-electron chi connectivity index (χ1n) is 12.5. The van der Waals surface area contributed by atoms with Gasteiger partial charge >= 0.3 is 5.97 Å². The minimum Gasteiger partial charge on any atom is -0.477 e. The highest BCUT2D eigenvalue weighted by Crippen LogP contribution is 2.36. The summed E-state index contributed by atoms with van der Waals surface area (Å²) >= 11 is 1.06. The summed E-state index contributed by atoms with van der Waals surface area (Å²) in [5, 5.41) is 13.0. The number of rotatable bonds is 6. The fraction of sp³-hybridized carbons (Fsp3) is 0.667. The van der Waals surface area contributed by atoms with Gasteiger partial charge < -0.3 is 10.4 Å². The van der Waals surface area contributed by atoms with Crippen molar-refractivity contribution in [3.8, 4) is 11.8 Å². The summed E-state index contributed by atoms with van der Waals surface area (Å²) in [6, 6.07) is 0.996. The van der Waals surface area contributed by atoms with E-state index in [0.717, 1.165) is 62.7 Å². The molecule has 7 heteroatoms. The molecule has 186 valence electrons. The summed E-state index contributed by atoms with van der Waals surface area (Å²) in [6.45, 7) is 9.86. The highest BCUT2D eigenvalue weighted by molar-refractivity contribution is 7.15. The molecule has 0 aliphatic heterocycles. The maximum absolute atomic E-state index is 13.8.